The Morgan fingerprint density at radius 2 is 1.95 bits per heavy atom. The average Bonchev–Trinajstić information content (AvgIpc) is 2.47. The van der Waals surface area contributed by atoms with Gasteiger partial charge in [-0.15, -0.1) is 0 Å². The van der Waals surface area contributed by atoms with Gasteiger partial charge in [-0.3, -0.25) is 0 Å². The molecule has 20 heavy (non-hydrogen) atoms. The van der Waals surface area contributed by atoms with E-state index in [-0.39, 0.29) is 11.1 Å². The molecule has 106 valence electrons. The number of hydrogen-bond acceptors (Lipinski definition) is 5. The van der Waals surface area contributed by atoms with Crippen LogP contribution in [0.1, 0.15) is 19.3 Å². The standard InChI is InChI=1S/C15H16O5/c1-18-14(16)12-6-4-3-5-10-9-20-8-7-11(10)13(12)15(17)19-2/h6-9H,3-5H2,1-2H3/b12-6+,13-11+. The number of rotatable bonds is 2. The normalized spacial score (nSPS) is 24.1. The minimum absolute atomic E-state index is 0.227. The Hall–Kier alpha value is -2.30. The molecule has 1 aliphatic heterocycles. The highest BCUT2D eigenvalue weighted by Crippen LogP contribution is 2.32. The predicted octanol–water partition coefficient (Wildman–Crippen LogP) is 2.17. The number of ether oxygens (including phenoxy) is 3. The first-order valence-electron chi connectivity index (χ1n) is 6.32. The minimum atomic E-state index is -0.559. The van der Waals surface area contributed by atoms with Crippen LogP contribution in [0.4, 0.5) is 0 Å². The summed E-state index contributed by atoms with van der Waals surface area (Å²) in [5.74, 6) is -1.10. The van der Waals surface area contributed by atoms with Crippen LogP contribution in [0.3, 0.4) is 0 Å². The van der Waals surface area contributed by atoms with Gasteiger partial charge >= 0.3 is 11.9 Å². The largest absolute Gasteiger partial charge is 0.472 e. The van der Waals surface area contributed by atoms with Crippen molar-refractivity contribution in [3.63, 3.8) is 0 Å². The van der Waals surface area contributed by atoms with Crippen LogP contribution < -0.4 is 0 Å². The molecule has 0 radical (unpaired) electrons. The van der Waals surface area contributed by atoms with Crippen molar-refractivity contribution in [1.82, 2.24) is 0 Å². The van der Waals surface area contributed by atoms with E-state index in [0.717, 1.165) is 18.4 Å². The molecular formula is C15H16O5. The molecule has 0 spiro atoms. The van der Waals surface area contributed by atoms with Crippen LogP contribution >= 0.6 is 0 Å². The van der Waals surface area contributed by atoms with Crippen LogP contribution in [0.2, 0.25) is 0 Å². The van der Waals surface area contributed by atoms with Gasteiger partial charge in [-0.2, -0.15) is 0 Å². The van der Waals surface area contributed by atoms with Gasteiger partial charge in [-0.25, -0.2) is 9.59 Å². The minimum Gasteiger partial charge on any atom is -0.472 e. The summed E-state index contributed by atoms with van der Waals surface area (Å²) >= 11 is 0. The number of fused-ring (bicyclic) bond motifs is 1. The molecule has 1 heterocycles. The Labute approximate surface area is 117 Å². The number of carbonyl (C=O) groups excluding carboxylic acids is 2. The van der Waals surface area contributed by atoms with Crippen LogP contribution in [0, 0.1) is 0 Å². The van der Waals surface area contributed by atoms with E-state index >= 15 is 0 Å². The monoisotopic (exact) mass is 276 g/mol. The summed E-state index contributed by atoms with van der Waals surface area (Å²) in [4.78, 5) is 24.0. The average molecular weight is 276 g/mol. The van der Waals surface area contributed by atoms with E-state index in [1.54, 1.807) is 18.4 Å². The molecular weight excluding hydrogens is 260 g/mol. The van der Waals surface area contributed by atoms with Crippen molar-refractivity contribution in [1.29, 1.82) is 0 Å². The molecule has 0 unspecified atom stereocenters. The maximum atomic E-state index is 12.1. The molecule has 0 atom stereocenters. The second kappa shape index (κ2) is 6.23. The van der Waals surface area contributed by atoms with Gasteiger partial charge in [0.1, 0.15) is 0 Å². The molecule has 0 bridgehead atoms. The van der Waals surface area contributed by atoms with Crippen LogP contribution in [0.25, 0.3) is 0 Å². The second-order valence-corrected chi connectivity index (χ2v) is 4.36. The van der Waals surface area contributed by atoms with Crippen LogP contribution in [0.15, 0.2) is 47.0 Å². The molecule has 0 aromatic carbocycles. The summed E-state index contributed by atoms with van der Waals surface area (Å²) in [5, 5.41) is 0. The molecule has 0 amide bonds. The molecule has 1 aliphatic carbocycles. The fraction of sp³-hybridized carbons (Fsp3) is 0.333. The summed E-state index contributed by atoms with van der Waals surface area (Å²) < 4.78 is 14.7. The third-order valence-electron chi connectivity index (χ3n) is 3.20. The van der Waals surface area contributed by atoms with Gasteiger partial charge in [0.2, 0.25) is 0 Å². The number of hydrogen-bond donors (Lipinski definition) is 0. The van der Waals surface area contributed by atoms with Crippen molar-refractivity contribution in [2.24, 2.45) is 0 Å². The van der Waals surface area contributed by atoms with Crippen LogP contribution in [-0.2, 0) is 23.8 Å². The Morgan fingerprint density at radius 1 is 1.20 bits per heavy atom. The van der Waals surface area contributed by atoms with Crippen molar-refractivity contribution < 1.29 is 23.8 Å². The zero-order chi connectivity index (χ0) is 14.5. The predicted molar refractivity (Wildman–Crippen MR) is 71.3 cm³/mol. The van der Waals surface area contributed by atoms with Crippen LogP contribution in [-0.4, -0.2) is 26.2 Å². The van der Waals surface area contributed by atoms with Gasteiger partial charge in [0, 0.05) is 0 Å². The third-order valence-corrected chi connectivity index (χ3v) is 3.20. The van der Waals surface area contributed by atoms with Gasteiger partial charge in [0.05, 0.1) is 37.9 Å². The molecule has 5 nitrogen and oxygen atoms in total. The highest BCUT2D eigenvalue weighted by Gasteiger charge is 2.28. The van der Waals surface area contributed by atoms with E-state index in [9.17, 15) is 9.59 Å². The fourth-order valence-electron chi connectivity index (χ4n) is 2.24. The lowest BCUT2D eigenvalue weighted by Gasteiger charge is -2.19. The van der Waals surface area contributed by atoms with E-state index in [1.165, 1.54) is 20.5 Å². The van der Waals surface area contributed by atoms with E-state index in [0.29, 0.717) is 12.0 Å². The zero-order valence-electron chi connectivity index (χ0n) is 11.5. The Morgan fingerprint density at radius 3 is 2.65 bits per heavy atom. The van der Waals surface area contributed by atoms with Crippen molar-refractivity contribution in [3.05, 3.63) is 47.0 Å². The van der Waals surface area contributed by atoms with Gasteiger partial charge < -0.3 is 14.2 Å². The first-order valence-corrected chi connectivity index (χ1v) is 6.32. The summed E-state index contributed by atoms with van der Waals surface area (Å²) in [6.07, 6.45) is 8.78. The molecule has 0 fully saturated rings. The number of esters is 2. The topological polar surface area (TPSA) is 61.8 Å². The van der Waals surface area contributed by atoms with Crippen LogP contribution in [0.5, 0.6) is 0 Å². The number of allylic oxidation sites excluding steroid dienone is 4. The Balaban J connectivity index is 2.62. The first kappa shape index (κ1) is 14.1. The van der Waals surface area contributed by atoms with Gasteiger partial charge in [0.15, 0.2) is 0 Å². The lowest BCUT2D eigenvalue weighted by atomic mass is 9.88. The zero-order valence-corrected chi connectivity index (χ0v) is 11.5. The fourth-order valence-corrected chi connectivity index (χ4v) is 2.24. The van der Waals surface area contributed by atoms with Gasteiger partial charge in [0.25, 0.3) is 0 Å². The summed E-state index contributed by atoms with van der Waals surface area (Å²) in [6, 6.07) is 0. The van der Waals surface area contributed by atoms with Crippen molar-refractivity contribution in [2.75, 3.05) is 14.2 Å². The number of methoxy groups -OCH3 is 2. The molecule has 0 saturated heterocycles. The van der Waals surface area contributed by atoms with Crippen molar-refractivity contribution in [2.45, 2.75) is 19.3 Å². The molecule has 2 rings (SSSR count). The molecule has 2 aliphatic rings. The lowest BCUT2D eigenvalue weighted by molar-refractivity contribution is -0.139. The van der Waals surface area contributed by atoms with E-state index < -0.39 is 11.9 Å². The Kier molecular flexibility index (Phi) is 4.40. The lowest BCUT2D eigenvalue weighted by Crippen LogP contribution is -2.19. The smallest absolute Gasteiger partial charge is 0.339 e. The van der Waals surface area contributed by atoms with Gasteiger partial charge in [-0.05, 0) is 36.5 Å². The van der Waals surface area contributed by atoms with E-state index in [2.05, 4.69) is 0 Å². The number of carbonyl (C=O) groups is 2. The summed E-state index contributed by atoms with van der Waals surface area (Å²) in [5.41, 5.74) is 2.00. The maximum absolute atomic E-state index is 12.1. The highest BCUT2D eigenvalue weighted by molar-refractivity contribution is 6.08. The molecule has 5 heteroatoms. The molecule has 0 aromatic heterocycles. The summed E-state index contributed by atoms with van der Waals surface area (Å²) in [7, 11) is 2.58. The van der Waals surface area contributed by atoms with Gasteiger partial charge in [-0.1, -0.05) is 6.08 Å². The van der Waals surface area contributed by atoms with Crippen molar-refractivity contribution >= 4 is 11.9 Å². The quantitative estimate of drug-likeness (QED) is 0.723. The molecule has 0 aromatic rings. The van der Waals surface area contributed by atoms with E-state index in [1.807, 2.05) is 0 Å². The maximum Gasteiger partial charge on any atom is 0.339 e. The Bertz CT molecular complexity index is 549. The van der Waals surface area contributed by atoms with E-state index in [4.69, 9.17) is 14.2 Å². The summed E-state index contributed by atoms with van der Waals surface area (Å²) in [6.45, 7) is 0. The SMILES string of the molecule is COC(=O)C1=C/CCCC2=COC=C\C2=C\1C(=O)OC. The molecule has 0 N–H and O–H groups in total. The molecule has 0 saturated carbocycles. The highest BCUT2D eigenvalue weighted by atomic mass is 16.5. The third kappa shape index (κ3) is 2.66. The first-order chi connectivity index (χ1) is 9.69. The second-order valence-electron chi connectivity index (χ2n) is 4.36. The van der Waals surface area contributed by atoms with Crippen molar-refractivity contribution in [3.8, 4) is 0 Å².